The van der Waals surface area contributed by atoms with Crippen LogP contribution in [-0.4, -0.2) is 61.4 Å². The Kier molecular flexibility index (Phi) is 3.95. The van der Waals surface area contributed by atoms with Crippen LogP contribution in [0, 0.1) is 5.92 Å². The fraction of sp³-hybridized carbons (Fsp3) is 0.421. The Bertz CT molecular complexity index is 924. The van der Waals surface area contributed by atoms with Gasteiger partial charge in [0.05, 0.1) is 0 Å². The second-order valence-corrected chi connectivity index (χ2v) is 7.32. The molecule has 1 amide bonds. The van der Waals surface area contributed by atoms with Crippen LogP contribution in [0.25, 0.3) is 11.0 Å². The fourth-order valence-corrected chi connectivity index (χ4v) is 4.19. The van der Waals surface area contributed by atoms with Gasteiger partial charge in [0.15, 0.2) is 0 Å². The van der Waals surface area contributed by atoms with Gasteiger partial charge in [0.2, 0.25) is 11.9 Å². The highest BCUT2D eigenvalue weighted by atomic mass is 16.2. The number of aromatic nitrogens is 5. The first kappa shape index (κ1) is 16.2. The summed E-state index contributed by atoms with van der Waals surface area (Å²) in [7, 11) is 0. The molecule has 5 heterocycles. The smallest absolute Gasteiger partial charge is 0.246 e. The Morgan fingerprint density at radius 3 is 2.44 bits per heavy atom. The Labute approximate surface area is 156 Å². The third kappa shape index (κ3) is 3.11. The van der Waals surface area contributed by atoms with E-state index in [0.717, 1.165) is 49.5 Å². The van der Waals surface area contributed by atoms with E-state index in [1.54, 1.807) is 12.4 Å². The SMILES string of the molecule is O=C(Cn1nc2ccccc2n1)N1CC2CCC1CN(c1ncccn1)C2. The number of nitrogens with zero attached hydrogens (tertiary/aromatic N) is 7. The van der Waals surface area contributed by atoms with Crippen molar-refractivity contribution in [1.29, 1.82) is 0 Å². The lowest BCUT2D eigenvalue weighted by molar-refractivity contribution is -0.136. The summed E-state index contributed by atoms with van der Waals surface area (Å²) in [5, 5.41) is 8.85. The van der Waals surface area contributed by atoms with Crippen molar-refractivity contribution in [3.8, 4) is 0 Å². The molecule has 6 rings (SSSR count). The lowest BCUT2D eigenvalue weighted by Crippen LogP contribution is -2.48. The van der Waals surface area contributed by atoms with E-state index < -0.39 is 0 Å². The van der Waals surface area contributed by atoms with Crippen molar-refractivity contribution >= 4 is 22.9 Å². The van der Waals surface area contributed by atoms with Gasteiger partial charge in [-0.15, -0.1) is 0 Å². The number of carbonyl (C=O) groups is 1. The Balaban J connectivity index is 1.33. The minimum atomic E-state index is 0.0841. The number of hydrogen-bond acceptors (Lipinski definition) is 6. The van der Waals surface area contributed by atoms with Gasteiger partial charge >= 0.3 is 0 Å². The maximum absolute atomic E-state index is 13.0. The first-order chi connectivity index (χ1) is 13.3. The Morgan fingerprint density at radius 1 is 0.963 bits per heavy atom. The molecular formula is C19H21N7O. The summed E-state index contributed by atoms with van der Waals surface area (Å²) >= 11 is 0. The topological polar surface area (TPSA) is 80.0 Å². The van der Waals surface area contributed by atoms with Crippen LogP contribution in [-0.2, 0) is 11.3 Å². The van der Waals surface area contributed by atoms with Gasteiger partial charge in [0.25, 0.3) is 0 Å². The molecule has 138 valence electrons. The molecule has 3 aliphatic heterocycles. The van der Waals surface area contributed by atoms with Gasteiger partial charge in [-0.2, -0.15) is 15.0 Å². The largest absolute Gasteiger partial charge is 0.338 e. The van der Waals surface area contributed by atoms with Gasteiger partial charge < -0.3 is 9.80 Å². The van der Waals surface area contributed by atoms with Gasteiger partial charge in [0, 0.05) is 38.1 Å². The quantitative estimate of drug-likeness (QED) is 0.699. The molecule has 2 aromatic heterocycles. The molecule has 2 bridgehead atoms. The average Bonchev–Trinajstić information content (AvgIpc) is 2.88. The normalized spacial score (nSPS) is 22.2. The second kappa shape index (κ2) is 6.61. The number of piperidine rings is 1. The highest BCUT2D eigenvalue weighted by molar-refractivity contribution is 5.77. The molecule has 0 spiro atoms. The summed E-state index contributed by atoms with van der Waals surface area (Å²) in [6, 6.07) is 9.69. The van der Waals surface area contributed by atoms with Crippen molar-refractivity contribution in [3.05, 3.63) is 42.7 Å². The maximum atomic E-state index is 13.0. The molecule has 0 N–H and O–H groups in total. The van der Waals surface area contributed by atoms with Gasteiger partial charge in [-0.25, -0.2) is 9.97 Å². The molecule has 27 heavy (non-hydrogen) atoms. The van der Waals surface area contributed by atoms with Crippen molar-refractivity contribution in [2.24, 2.45) is 5.92 Å². The summed E-state index contributed by atoms with van der Waals surface area (Å²) in [5.74, 6) is 1.28. The van der Waals surface area contributed by atoms with Crippen LogP contribution in [0.5, 0.6) is 0 Å². The van der Waals surface area contributed by atoms with Crippen LogP contribution in [0.2, 0.25) is 0 Å². The molecule has 2 atom stereocenters. The van der Waals surface area contributed by atoms with E-state index in [0.29, 0.717) is 5.92 Å². The van der Waals surface area contributed by atoms with Crippen molar-refractivity contribution in [1.82, 2.24) is 29.9 Å². The lowest BCUT2D eigenvalue weighted by Gasteiger charge is -2.35. The zero-order valence-electron chi connectivity index (χ0n) is 15.0. The molecule has 3 aromatic rings. The van der Waals surface area contributed by atoms with E-state index in [-0.39, 0.29) is 18.5 Å². The number of fused-ring (bicyclic) bond motifs is 5. The first-order valence-corrected chi connectivity index (χ1v) is 9.37. The molecule has 8 heteroatoms. The van der Waals surface area contributed by atoms with Crippen LogP contribution in [0.1, 0.15) is 12.8 Å². The Hall–Kier alpha value is -3.03. The monoisotopic (exact) mass is 363 g/mol. The summed E-state index contributed by atoms with van der Waals surface area (Å²) in [5.41, 5.74) is 1.63. The van der Waals surface area contributed by atoms with E-state index in [1.807, 2.05) is 35.2 Å². The van der Waals surface area contributed by atoms with E-state index in [4.69, 9.17) is 0 Å². The van der Waals surface area contributed by atoms with Crippen LogP contribution in [0.15, 0.2) is 42.7 Å². The predicted octanol–water partition coefficient (Wildman–Crippen LogP) is 1.35. The van der Waals surface area contributed by atoms with Crippen LogP contribution >= 0.6 is 0 Å². The number of carbonyl (C=O) groups excluding carboxylic acids is 1. The third-order valence-corrected chi connectivity index (χ3v) is 5.47. The van der Waals surface area contributed by atoms with E-state index in [2.05, 4.69) is 25.1 Å². The lowest BCUT2D eigenvalue weighted by atomic mass is 9.95. The number of amides is 1. The van der Waals surface area contributed by atoms with E-state index in [1.165, 1.54) is 4.80 Å². The van der Waals surface area contributed by atoms with E-state index >= 15 is 0 Å². The molecule has 3 aliphatic rings. The number of hydrogen-bond donors (Lipinski definition) is 0. The molecule has 1 aromatic carbocycles. The molecule has 3 fully saturated rings. The number of rotatable bonds is 3. The zero-order chi connectivity index (χ0) is 18.2. The highest BCUT2D eigenvalue weighted by Crippen LogP contribution is 2.29. The second-order valence-electron chi connectivity index (χ2n) is 7.32. The predicted molar refractivity (Wildman–Crippen MR) is 100.0 cm³/mol. The summed E-state index contributed by atoms with van der Waals surface area (Å²) in [6.45, 7) is 2.64. The van der Waals surface area contributed by atoms with Gasteiger partial charge in [-0.1, -0.05) is 12.1 Å². The minimum absolute atomic E-state index is 0.0841. The fourth-order valence-electron chi connectivity index (χ4n) is 4.19. The van der Waals surface area contributed by atoms with Gasteiger partial charge in [-0.05, 0) is 37.0 Å². The van der Waals surface area contributed by atoms with Crippen LogP contribution < -0.4 is 4.90 Å². The summed E-state index contributed by atoms with van der Waals surface area (Å²) in [6.07, 6.45) is 5.70. The van der Waals surface area contributed by atoms with Crippen molar-refractivity contribution in [3.63, 3.8) is 0 Å². The summed E-state index contributed by atoms with van der Waals surface area (Å²) in [4.78, 5) is 27.5. The number of benzene rings is 1. The molecular weight excluding hydrogens is 342 g/mol. The van der Waals surface area contributed by atoms with Gasteiger partial charge in [0.1, 0.15) is 17.6 Å². The third-order valence-electron chi connectivity index (χ3n) is 5.47. The number of anilines is 1. The molecule has 8 nitrogen and oxygen atoms in total. The molecule has 0 aliphatic carbocycles. The standard InChI is InChI=1S/C19H21N7O/c27-18(13-26-22-16-4-1-2-5-17(16)23-26)25-11-14-6-7-15(25)12-24(10-14)19-20-8-3-9-21-19/h1-5,8-9,14-15H,6-7,10-13H2. The van der Waals surface area contributed by atoms with Crippen LogP contribution in [0.4, 0.5) is 5.95 Å². The molecule has 0 saturated carbocycles. The van der Waals surface area contributed by atoms with Crippen LogP contribution in [0.3, 0.4) is 0 Å². The summed E-state index contributed by atoms with van der Waals surface area (Å²) < 4.78 is 0. The van der Waals surface area contributed by atoms with Crippen molar-refractivity contribution < 1.29 is 4.79 Å². The van der Waals surface area contributed by atoms with E-state index in [9.17, 15) is 4.79 Å². The average molecular weight is 363 g/mol. The molecule has 0 radical (unpaired) electrons. The molecule has 3 saturated heterocycles. The van der Waals surface area contributed by atoms with Gasteiger partial charge in [-0.3, -0.25) is 4.79 Å². The zero-order valence-corrected chi connectivity index (χ0v) is 15.0. The highest BCUT2D eigenvalue weighted by Gasteiger charge is 2.38. The maximum Gasteiger partial charge on any atom is 0.246 e. The first-order valence-electron chi connectivity index (χ1n) is 9.37. The van der Waals surface area contributed by atoms with Crippen molar-refractivity contribution in [2.75, 3.05) is 24.5 Å². The molecule has 2 unspecified atom stereocenters. The van der Waals surface area contributed by atoms with Crippen molar-refractivity contribution in [2.45, 2.75) is 25.4 Å². The Morgan fingerprint density at radius 2 is 1.70 bits per heavy atom. The minimum Gasteiger partial charge on any atom is -0.338 e.